The van der Waals surface area contributed by atoms with E-state index in [0.29, 0.717) is 5.56 Å². The maximum atomic E-state index is 11.0. The molecule has 2 rings (SSSR count). The van der Waals surface area contributed by atoms with Crippen LogP contribution in [0, 0.1) is 17.0 Å². The number of hydrogen-bond acceptors (Lipinski definition) is 6. The van der Waals surface area contributed by atoms with Gasteiger partial charge in [0.1, 0.15) is 5.75 Å². The number of aromatic nitrogens is 2. The lowest BCUT2D eigenvalue weighted by Crippen LogP contribution is -2.05. The minimum atomic E-state index is -1.30. The molecule has 0 spiro atoms. The number of rotatable bonds is 4. The number of non-ortho nitro benzene ring substituents is 1. The molecular weight excluding hydrogens is 266 g/mol. The summed E-state index contributed by atoms with van der Waals surface area (Å²) in [4.78, 5) is 28.5. The van der Waals surface area contributed by atoms with Crippen LogP contribution in [0.4, 0.5) is 5.69 Å². The zero-order valence-electron chi connectivity index (χ0n) is 10.3. The van der Waals surface area contributed by atoms with Crippen molar-refractivity contribution in [2.75, 3.05) is 0 Å². The Bertz CT molecular complexity index is 687. The summed E-state index contributed by atoms with van der Waals surface area (Å²) in [5.41, 5.74) is 0.0855. The van der Waals surface area contributed by atoms with Crippen LogP contribution in [0.3, 0.4) is 0 Å². The molecule has 0 fully saturated rings. The SMILES string of the molecule is Cc1ccc([N+](=O)[O-])cc1Oc1nccnc1C(=O)O. The Balaban J connectivity index is 2.42. The highest BCUT2D eigenvalue weighted by Gasteiger charge is 2.17. The number of aryl methyl sites for hydroxylation is 1. The third-order valence-corrected chi connectivity index (χ3v) is 2.46. The molecule has 0 aliphatic rings. The highest BCUT2D eigenvalue weighted by molar-refractivity contribution is 5.87. The topological polar surface area (TPSA) is 115 Å². The van der Waals surface area contributed by atoms with Crippen molar-refractivity contribution in [2.24, 2.45) is 0 Å². The largest absolute Gasteiger partial charge is 0.476 e. The van der Waals surface area contributed by atoms with Gasteiger partial charge in [-0.3, -0.25) is 10.1 Å². The molecule has 0 atom stereocenters. The van der Waals surface area contributed by atoms with Crippen molar-refractivity contribution in [3.63, 3.8) is 0 Å². The second-order valence-electron chi connectivity index (χ2n) is 3.82. The first-order valence-electron chi connectivity index (χ1n) is 5.46. The van der Waals surface area contributed by atoms with E-state index < -0.39 is 10.9 Å². The molecule has 0 radical (unpaired) electrons. The molecule has 0 aliphatic heterocycles. The molecule has 1 N–H and O–H groups in total. The van der Waals surface area contributed by atoms with E-state index in [4.69, 9.17) is 9.84 Å². The summed E-state index contributed by atoms with van der Waals surface area (Å²) in [5.74, 6) is -1.36. The molecule has 1 heterocycles. The molecule has 1 aromatic carbocycles. The van der Waals surface area contributed by atoms with Crippen LogP contribution in [0.5, 0.6) is 11.6 Å². The van der Waals surface area contributed by atoms with Crippen molar-refractivity contribution >= 4 is 11.7 Å². The Kier molecular flexibility index (Phi) is 3.56. The number of nitrogens with zero attached hydrogens (tertiary/aromatic N) is 3. The normalized spacial score (nSPS) is 10.1. The minimum Gasteiger partial charge on any atom is -0.476 e. The number of nitro groups is 1. The average Bonchev–Trinajstić information content (AvgIpc) is 2.41. The van der Waals surface area contributed by atoms with E-state index in [2.05, 4.69) is 9.97 Å². The summed E-state index contributed by atoms with van der Waals surface area (Å²) < 4.78 is 5.33. The maximum Gasteiger partial charge on any atom is 0.360 e. The molecule has 2 aromatic rings. The number of hydrogen-bond donors (Lipinski definition) is 1. The molecule has 102 valence electrons. The molecule has 0 aliphatic carbocycles. The fourth-order valence-corrected chi connectivity index (χ4v) is 1.46. The average molecular weight is 275 g/mol. The summed E-state index contributed by atoms with van der Waals surface area (Å²) >= 11 is 0. The molecule has 0 amide bonds. The first-order chi connectivity index (χ1) is 9.49. The van der Waals surface area contributed by atoms with Crippen molar-refractivity contribution in [1.82, 2.24) is 9.97 Å². The number of nitro benzene ring substituents is 1. The molecule has 0 unspecified atom stereocenters. The quantitative estimate of drug-likeness (QED) is 0.671. The van der Waals surface area contributed by atoms with E-state index >= 15 is 0 Å². The van der Waals surface area contributed by atoms with Crippen LogP contribution < -0.4 is 4.74 Å². The molecule has 0 saturated carbocycles. The number of aromatic carboxylic acids is 1. The third-order valence-electron chi connectivity index (χ3n) is 2.46. The summed E-state index contributed by atoms with van der Waals surface area (Å²) in [5, 5.41) is 19.7. The monoisotopic (exact) mass is 275 g/mol. The van der Waals surface area contributed by atoms with Crippen LogP contribution in [-0.4, -0.2) is 26.0 Å². The first-order valence-corrected chi connectivity index (χ1v) is 5.46. The number of benzene rings is 1. The van der Waals surface area contributed by atoms with Gasteiger partial charge in [0.2, 0.25) is 5.69 Å². The van der Waals surface area contributed by atoms with Crippen molar-refractivity contribution < 1.29 is 19.6 Å². The van der Waals surface area contributed by atoms with E-state index in [9.17, 15) is 14.9 Å². The van der Waals surface area contributed by atoms with Gasteiger partial charge in [0.05, 0.1) is 11.0 Å². The molecule has 1 aromatic heterocycles. The molecule has 8 nitrogen and oxygen atoms in total. The molecule has 20 heavy (non-hydrogen) atoms. The van der Waals surface area contributed by atoms with Crippen LogP contribution in [-0.2, 0) is 0 Å². The Morgan fingerprint density at radius 1 is 1.35 bits per heavy atom. The van der Waals surface area contributed by atoms with E-state index in [1.807, 2.05) is 0 Å². The predicted octanol–water partition coefficient (Wildman–Crippen LogP) is 2.18. The minimum absolute atomic E-state index is 0.155. The zero-order valence-corrected chi connectivity index (χ0v) is 10.3. The van der Waals surface area contributed by atoms with Gasteiger partial charge in [-0.25, -0.2) is 14.8 Å². The first kappa shape index (κ1) is 13.4. The number of ether oxygens (including phenoxy) is 1. The summed E-state index contributed by atoms with van der Waals surface area (Å²) in [6.45, 7) is 1.68. The Morgan fingerprint density at radius 3 is 2.70 bits per heavy atom. The molecular formula is C12H9N3O5. The van der Waals surface area contributed by atoms with Crippen molar-refractivity contribution in [3.05, 3.63) is 52.0 Å². The van der Waals surface area contributed by atoms with Gasteiger partial charge in [0, 0.05) is 18.5 Å². The maximum absolute atomic E-state index is 11.0. The highest BCUT2D eigenvalue weighted by atomic mass is 16.6. The lowest BCUT2D eigenvalue weighted by Gasteiger charge is -2.08. The van der Waals surface area contributed by atoms with Gasteiger partial charge in [-0.2, -0.15) is 0 Å². The van der Waals surface area contributed by atoms with Crippen molar-refractivity contribution in [2.45, 2.75) is 6.92 Å². The van der Waals surface area contributed by atoms with Gasteiger partial charge in [-0.15, -0.1) is 0 Å². The van der Waals surface area contributed by atoms with Gasteiger partial charge < -0.3 is 9.84 Å². The van der Waals surface area contributed by atoms with Crippen molar-refractivity contribution in [1.29, 1.82) is 0 Å². The van der Waals surface area contributed by atoms with E-state index in [1.54, 1.807) is 6.92 Å². The fourth-order valence-electron chi connectivity index (χ4n) is 1.46. The van der Waals surface area contributed by atoms with Crippen LogP contribution in [0.15, 0.2) is 30.6 Å². The van der Waals surface area contributed by atoms with Crippen LogP contribution in [0.1, 0.15) is 16.1 Å². The summed E-state index contributed by atoms with van der Waals surface area (Å²) in [6.07, 6.45) is 2.49. The number of carboxylic acid groups (broad SMARTS) is 1. The number of carboxylic acids is 1. The number of carbonyl (C=O) groups is 1. The van der Waals surface area contributed by atoms with Crippen molar-refractivity contribution in [3.8, 4) is 11.6 Å². The standard InChI is InChI=1S/C12H9N3O5/c1-7-2-3-8(15(18)19)6-9(7)20-11-10(12(16)17)13-4-5-14-11/h2-6H,1H3,(H,16,17). The van der Waals surface area contributed by atoms with Gasteiger partial charge in [-0.05, 0) is 18.6 Å². The Morgan fingerprint density at radius 2 is 2.05 bits per heavy atom. The summed E-state index contributed by atoms with van der Waals surface area (Å²) in [7, 11) is 0. The molecule has 0 bridgehead atoms. The summed E-state index contributed by atoms with van der Waals surface area (Å²) in [6, 6.07) is 4.04. The lowest BCUT2D eigenvalue weighted by molar-refractivity contribution is -0.384. The van der Waals surface area contributed by atoms with Gasteiger partial charge in [0.15, 0.2) is 0 Å². The highest BCUT2D eigenvalue weighted by Crippen LogP contribution is 2.28. The van der Waals surface area contributed by atoms with E-state index in [1.165, 1.54) is 30.6 Å². The Hall–Kier alpha value is -3.03. The molecule has 0 saturated heterocycles. The Labute approximate surface area is 112 Å². The predicted molar refractivity (Wildman–Crippen MR) is 66.9 cm³/mol. The fraction of sp³-hybridized carbons (Fsp3) is 0.0833. The van der Waals surface area contributed by atoms with Crippen LogP contribution >= 0.6 is 0 Å². The second-order valence-corrected chi connectivity index (χ2v) is 3.82. The van der Waals surface area contributed by atoms with Crippen LogP contribution in [0.25, 0.3) is 0 Å². The van der Waals surface area contributed by atoms with Crippen LogP contribution in [0.2, 0.25) is 0 Å². The third kappa shape index (κ3) is 2.69. The van der Waals surface area contributed by atoms with Gasteiger partial charge in [0.25, 0.3) is 11.6 Å². The lowest BCUT2D eigenvalue weighted by atomic mass is 10.2. The second kappa shape index (κ2) is 5.31. The van der Waals surface area contributed by atoms with E-state index in [-0.39, 0.29) is 23.0 Å². The molecule has 8 heteroatoms. The van der Waals surface area contributed by atoms with Gasteiger partial charge >= 0.3 is 5.97 Å². The zero-order chi connectivity index (χ0) is 14.7. The van der Waals surface area contributed by atoms with E-state index in [0.717, 1.165) is 0 Å². The van der Waals surface area contributed by atoms with Gasteiger partial charge in [-0.1, -0.05) is 0 Å². The smallest absolute Gasteiger partial charge is 0.360 e.